The van der Waals surface area contributed by atoms with Gasteiger partial charge in [-0.2, -0.15) is 0 Å². The van der Waals surface area contributed by atoms with Gasteiger partial charge < -0.3 is 69.6 Å². The topological polar surface area (TPSA) is 372 Å². The SMILES string of the molecule is C[C@H](NC(=O)CN)C(=O)N[C@@H](CCC(N)=O)C(=O)N[C@@H](Cc1ccccc1)C(=O)N[C@@H](CO)C(=O)N[C@@H](CO)C(=O)N[C@@H](Cc1c[nH]c2ccccc12)C(=O)NCC(N)=O. The summed E-state index contributed by atoms with van der Waals surface area (Å²) in [6.07, 6.45) is 0.710. The highest BCUT2D eigenvalue weighted by Gasteiger charge is 2.33. The number of carbonyl (C=O) groups excluding carboxylic acids is 9. The predicted octanol–water partition coefficient (Wildman–Crippen LogP) is -5.31. The maximum atomic E-state index is 13.7. The molecule has 0 unspecified atom stereocenters. The number of aliphatic hydroxyl groups excluding tert-OH is 2. The molecule has 3 aromatic rings. The van der Waals surface area contributed by atoms with Gasteiger partial charge in [-0.1, -0.05) is 48.5 Å². The zero-order valence-corrected chi connectivity index (χ0v) is 32.7. The normalized spacial score (nSPS) is 13.9. The predicted molar refractivity (Wildman–Crippen MR) is 213 cm³/mol. The Bertz CT molecular complexity index is 2010. The summed E-state index contributed by atoms with van der Waals surface area (Å²) in [5, 5.41) is 37.6. The largest absolute Gasteiger partial charge is 0.394 e. The Morgan fingerprint density at radius 2 is 1.13 bits per heavy atom. The van der Waals surface area contributed by atoms with Gasteiger partial charge in [0.25, 0.3) is 0 Å². The number of aromatic amines is 1. The minimum atomic E-state index is -1.76. The summed E-state index contributed by atoms with van der Waals surface area (Å²) >= 11 is 0. The summed E-state index contributed by atoms with van der Waals surface area (Å²) in [6.45, 7) is -1.64. The summed E-state index contributed by atoms with van der Waals surface area (Å²) < 4.78 is 0. The number of hydrogen-bond donors (Lipinski definition) is 13. The highest BCUT2D eigenvalue weighted by molar-refractivity contribution is 5.98. The highest BCUT2D eigenvalue weighted by atomic mass is 16.3. The molecular weight excluding hydrogens is 786 g/mol. The minimum Gasteiger partial charge on any atom is -0.394 e. The zero-order valence-electron chi connectivity index (χ0n) is 32.7. The number of benzene rings is 2. The average molecular weight is 838 g/mol. The Hall–Kier alpha value is -6.91. The van der Waals surface area contributed by atoms with E-state index in [2.05, 4.69) is 42.2 Å². The second-order valence-electron chi connectivity index (χ2n) is 13.6. The Morgan fingerprint density at radius 3 is 1.70 bits per heavy atom. The Kier molecular flexibility index (Phi) is 18.6. The average Bonchev–Trinajstić information content (AvgIpc) is 3.64. The number of rotatable bonds is 24. The van der Waals surface area contributed by atoms with Gasteiger partial charge in [-0.05, 0) is 30.5 Å². The first-order valence-electron chi connectivity index (χ1n) is 18.7. The number of carbonyl (C=O) groups is 9. The van der Waals surface area contributed by atoms with Gasteiger partial charge in [-0.3, -0.25) is 43.2 Å². The number of nitrogens with one attached hydrogen (secondary N) is 8. The van der Waals surface area contributed by atoms with Crippen LogP contribution in [0.25, 0.3) is 10.9 Å². The van der Waals surface area contributed by atoms with E-state index in [1.54, 1.807) is 60.8 Å². The van der Waals surface area contributed by atoms with Crippen LogP contribution in [0.3, 0.4) is 0 Å². The number of aliphatic hydroxyl groups is 2. The standard InChI is InChI=1S/C38H51N11O11/c1-20(44-32(54)15-39)33(55)45-25(11-12-30(40)52)35(57)46-26(13-21-7-3-2-4-8-21)36(58)48-29(19-51)38(60)49-28(18-50)37(59)47-27(34(56)43-17-31(41)53)14-22-16-42-24-10-6-5-9-23(22)24/h2-10,16,20,25-29,42,50-51H,11-15,17-19,39H2,1H3,(H2,40,52)(H2,41,53)(H,43,56)(H,44,54)(H,45,55)(H,46,57)(H,47,59)(H,48,58)(H,49,60)/t20-,25-,26-,27-,28-,29-/m0/s1. The van der Waals surface area contributed by atoms with Crippen LogP contribution in [0, 0.1) is 0 Å². The van der Waals surface area contributed by atoms with Crippen LogP contribution in [0.1, 0.15) is 30.9 Å². The van der Waals surface area contributed by atoms with Crippen molar-refractivity contribution in [3.63, 3.8) is 0 Å². The van der Waals surface area contributed by atoms with Crippen molar-refractivity contribution in [3.05, 3.63) is 71.9 Å². The summed E-state index contributed by atoms with van der Waals surface area (Å²) in [4.78, 5) is 118. The molecule has 16 N–H and O–H groups in total. The number of amides is 9. The van der Waals surface area contributed by atoms with Crippen molar-refractivity contribution in [2.45, 2.75) is 68.9 Å². The zero-order chi connectivity index (χ0) is 44.4. The maximum Gasteiger partial charge on any atom is 0.245 e. The second kappa shape index (κ2) is 23.5. The molecule has 324 valence electrons. The molecule has 6 atom stereocenters. The smallest absolute Gasteiger partial charge is 0.245 e. The third-order valence-electron chi connectivity index (χ3n) is 8.98. The first kappa shape index (κ1) is 47.5. The van der Waals surface area contributed by atoms with E-state index in [1.165, 1.54) is 6.92 Å². The summed E-state index contributed by atoms with van der Waals surface area (Å²) in [6, 6.07) is 6.59. The molecule has 1 heterocycles. The van der Waals surface area contributed by atoms with Crippen molar-refractivity contribution in [2.75, 3.05) is 26.3 Å². The van der Waals surface area contributed by atoms with Crippen molar-refractivity contribution in [1.82, 2.24) is 42.2 Å². The van der Waals surface area contributed by atoms with Crippen LogP contribution in [0.4, 0.5) is 0 Å². The highest BCUT2D eigenvalue weighted by Crippen LogP contribution is 2.19. The monoisotopic (exact) mass is 837 g/mol. The summed E-state index contributed by atoms with van der Waals surface area (Å²) in [5.74, 6) is -8.04. The van der Waals surface area contributed by atoms with Crippen molar-refractivity contribution < 1.29 is 53.4 Å². The molecule has 0 radical (unpaired) electrons. The molecule has 0 aliphatic rings. The van der Waals surface area contributed by atoms with E-state index in [0.717, 1.165) is 10.9 Å². The molecule has 3 rings (SSSR count). The number of aromatic nitrogens is 1. The van der Waals surface area contributed by atoms with Gasteiger partial charge in [0.2, 0.25) is 53.2 Å². The first-order chi connectivity index (χ1) is 28.6. The van der Waals surface area contributed by atoms with Crippen LogP contribution >= 0.6 is 0 Å². The first-order valence-corrected chi connectivity index (χ1v) is 18.7. The molecule has 0 fully saturated rings. The van der Waals surface area contributed by atoms with Gasteiger partial charge in [-0.25, -0.2) is 0 Å². The number of para-hydroxylation sites is 1. The lowest BCUT2D eigenvalue weighted by Crippen LogP contribution is -2.61. The van der Waals surface area contributed by atoms with Gasteiger partial charge >= 0.3 is 0 Å². The molecule has 0 spiro atoms. The molecule has 0 aliphatic heterocycles. The Morgan fingerprint density at radius 1 is 0.617 bits per heavy atom. The quantitative estimate of drug-likeness (QED) is 0.0403. The summed E-state index contributed by atoms with van der Waals surface area (Å²) in [5.41, 5.74) is 17.6. The number of hydrogen-bond acceptors (Lipinski definition) is 12. The Labute approximate surface area is 343 Å². The van der Waals surface area contributed by atoms with E-state index < -0.39 is 116 Å². The third-order valence-corrected chi connectivity index (χ3v) is 8.98. The van der Waals surface area contributed by atoms with E-state index in [9.17, 15) is 53.4 Å². The molecule has 22 nitrogen and oxygen atoms in total. The molecule has 0 saturated heterocycles. The van der Waals surface area contributed by atoms with Crippen LogP contribution in [0.2, 0.25) is 0 Å². The van der Waals surface area contributed by atoms with E-state index >= 15 is 0 Å². The number of H-pyrrole nitrogens is 1. The van der Waals surface area contributed by atoms with Gasteiger partial charge in [0.15, 0.2) is 0 Å². The molecule has 0 aliphatic carbocycles. The molecule has 22 heteroatoms. The van der Waals surface area contributed by atoms with Crippen LogP contribution in [0.5, 0.6) is 0 Å². The van der Waals surface area contributed by atoms with Crippen LogP contribution in [-0.2, 0) is 56.0 Å². The number of fused-ring (bicyclic) bond motifs is 1. The molecule has 9 amide bonds. The molecule has 0 saturated carbocycles. The Balaban J connectivity index is 1.78. The second-order valence-corrected chi connectivity index (χ2v) is 13.6. The fraction of sp³-hybridized carbons (Fsp3) is 0.395. The fourth-order valence-corrected chi connectivity index (χ4v) is 5.78. The molecule has 2 aromatic carbocycles. The minimum absolute atomic E-state index is 0.0900. The van der Waals surface area contributed by atoms with Gasteiger partial charge in [0.1, 0.15) is 36.3 Å². The van der Waals surface area contributed by atoms with Crippen molar-refractivity contribution in [2.24, 2.45) is 17.2 Å². The lowest BCUT2D eigenvalue weighted by Gasteiger charge is -2.26. The van der Waals surface area contributed by atoms with Crippen molar-refractivity contribution in [1.29, 1.82) is 0 Å². The van der Waals surface area contributed by atoms with Crippen molar-refractivity contribution in [3.8, 4) is 0 Å². The third kappa shape index (κ3) is 14.8. The van der Waals surface area contributed by atoms with E-state index in [4.69, 9.17) is 17.2 Å². The molecule has 0 bridgehead atoms. The van der Waals surface area contributed by atoms with E-state index in [1.807, 2.05) is 0 Å². The lowest BCUT2D eigenvalue weighted by atomic mass is 10.0. The van der Waals surface area contributed by atoms with Gasteiger partial charge in [-0.15, -0.1) is 0 Å². The van der Waals surface area contributed by atoms with Gasteiger partial charge in [0.05, 0.1) is 26.3 Å². The van der Waals surface area contributed by atoms with Crippen LogP contribution < -0.4 is 54.4 Å². The summed E-state index contributed by atoms with van der Waals surface area (Å²) in [7, 11) is 0. The van der Waals surface area contributed by atoms with Crippen LogP contribution in [0.15, 0.2) is 60.8 Å². The molecular formula is C38H51N11O11. The fourth-order valence-electron chi connectivity index (χ4n) is 5.78. The molecule has 1 aromatic heterocycles. The number of primary amides is 2. The van der Waals surface area contributed by atoms with Gasteiger partial charge in [0, 0.05) is 36.4 Å². The number of nitrogens with two attached hydrogens (primary N) is 3. The molecule has 60 heavy (non-hydrogen) atoms. The van der Waals surface area contributed by atoms with E-state index in [0.29, 0.717) is 11.1 Å². The lowest BCUT2D eigenvalue weighted by molar-refractivity contribution is -0.136. The van der Waals surface area contributed by atoms with Crippen molar-refractivity contribution >= 4 is 64.1 Å². The maximum absolute atomic E-state index is 13.7. The van der Waals surface area contributed by atoms with Crippen LogP contribution in [-0.4, -0.2) is 131 Å². The van der Waals surface area contributed by atoms with E-state index in [-0.39, 0.29) is 25.7 Å².